The molecule has 1 aromatic rings. The first-order valence-corrected chi connectivity index (χ1v) is 6.79. The zero-order valence-electron chi connectivity index (χ0n) is 12.0. The number of methoxy groups -OCH3 is 2. The monoisotopic (exact) mass is 276 g/mol. The van der Waals surface area contributed by atoms with Crippen molar-refractivity contribution in [3.63, 3.8) is 0 Å². The summed E-state index contributed by atoms with van der Waals surface area (Å²) in [6.45, 7) is 1.70. The standard InChI is InChI=1S/C15H20N2O3/c1-19-13-10-12(16-11-14(13)20-2)6-7-15(18)17-8-4-3-5-9-17/h6-7,10-11H,3-5,8-9H2,1-2H3/b7-6+. The van der Waals surface area contributed by atoms with Crippen molar-refractivity contribution in [1.29, 1.82) is 0 Å². The number of hydrogen-bond donors (Lipinski definition) is 0. The summed E-state index contributed by atoms with van der Waals surface area (Å²) in [5.74, 6) is 1.22. The Labute approximate surface area is 119 Å². The molecule has 0 N–H and O–H groups in total. The van der Waals surface area contributed by atoms with Gasteiger partial charge in [0.25, 0.3) is 0 Å². The molecule has 0 bridgehead atoms. The third kappa shape index (κ3) is 3.50. The lowest BCUT2D eigenvalue weighted by molar-refractivity contribution is -0.126. The number of pyridine rings is 1. The molecule has 0 spiro atoms. The second kappa shape index (κ2) is 6.93. The van der Waals surface area contributed by atoms with Crippen molar-refractivity contribution in [3.05, 3.63) is 24.0 Å². The maximum atomic E-state index is 12.0. The maximum absolute atomic E-state index is 12.0. The van der Waals surface area contributed by atoms with Crippen LogP contribution in [0, 0.1) is 0 Å². The molecule has 1 aliphatic rings. The van der Waals surface area contributed by atoms with Gasteiger partial charge in [0.15, 0.2) is 11.5 Å². The molecule has 1 amide bonds. The molecule has 0 saturated carbocycles. The molecule has 0 radical (unpaired) electrons. The fourth-order valence-electron chi connectivity index (χ4n) is 2.22. The van der Waals surface area contributed by atoms with Gasteiger partial charge in [-0.3, -0.25) is 9.78 Å². The molecule has 1 fully saturated rings. The molecule has 0 aliphatic carbocycles. The highest BCUT2D eigenvalue weighted by molar-refractivity contribution is 5.91. The highest BCUT2D eigenvalue weighted by atomic mass is 16.5. The van der Waals surface area contributed by atoms with Crippen molar-refractivity contribution in [2.45, 2.75) is 19.3 Å². The fraction of sp³-hybridized carbons (Fsp3) is 0.467. The van der Waals surface area contributed by atoms with E-state index in [1.165, 1.54) is 6.42 Å². The molecular formula is C15H20N2O3. The van der Waals surface area contributed by atoms with Crippen molar-refractivity contribution >= 4 is 12.0 Å². The minimum Gasteiger partial charge on any atom is -0.493 e. The van der Waals surface area contributed by atoms with Crippen LogP contribution in [0.2, 0.25) is 0 Å². The van der Waals surface area contributed by atoms with Gasteiger partial charge in [0.1, 0.15) is 0 Å². The quantitative estimate of drug-likeness (QED) is 0.790. The number of hydrogen-bond acceptors (Lipinski definition) is 4. The van der Waals surface area contributed by atoms with Gasteiger partial charge in [-0.05, 0) is 25.3 Å². The predicted molar refractivity (Wildman–Crippen MR) is 76.8 cm³/mol. The third-order valence-corrected chi connectivity index (χ3v) is 3.36. The summed E-state index contributed by atoms with van der Waals surface area (Å²) in [6.07, 6.45) is 8.26. The normalized spacial score (nSPS) is 15.4. The lowest BCUT2D eigenvalue weighted by Gasteiger charge is -2.25. The number of aromatic nitrogens is 1. The zero-order valence-corrected chi connectivity index (χ0v) is 12.0. The second-order valence-electron chi connectivity index (χ2n) is 4.68. The Morgan fingerprint density at radius 3 is 2.55 bits per heavy atom. The highest BCUT2D eigenvalue weighted by Crippen LogP contribution is 2.26. The fourth-order valence-corrected chi connectivity index (χ4v) is 2.22. The summed E-state index contributed by atoms with van der Waals surface area (Å²) in [5, 5.41) is 0. The summed E-state index contributed by atoms with van der Waals surface area (Å²) in [6, 6.07) is 1.75. The van der Waals surface area contributed by atoms with Gasteiger partial charge >= 0.3 is 0 Å². The van der Waals surface area contributed by atoms with Crippen molar-refractivity contribution in [3.8, 4) is 11.5 Å². The van der Waals surface area contributed by atoms with Gasteiger partial charge in [-0.1, -0.05) is 0 Å². The van der Waals surface area contributed by atoms with Crippen LogP contribution in [0.15, 0.2) is 18.3 Å². The molecule has 2 heterocycles. The van der Waals surface area contributed by atoms with Crippen LogP contribution in [0.4, 0.5) is 0 Å². The minimum atomic E-state index is 0.0429. The van der Waals surface area contributed by atoms with Crippen LogP contribution in [-0.2, 0) is 4.79 Å². The van der Waals surface area contributed by atoms with E-state index < -0.39 is 0 Å². The Morgan fingerprint density at radius 2 is 1.90 bits per heavy atom. The van der Waals surface area contributed by atoms with E-state index in [4.69, 9.17) is 9.47 Å². The number of carbonyl (C=O) groups excluding carboxylic acids is 1. The summed E-state index contributed by atoms with van der Waals surface area (Å²) in [4.78, 5) is 18.1. The van der Waals surface area contributed by atoms with E-state index in [2.05, 4.69) is 4.98 Å². The molecule has 2 rings (SSSR count). The first-order valence-electron chi connectivity index (χ1n) is 6.79. The Balaban J connectivity index is 2.04. The van der Waals surface area contributed by atoms with Crippen molar-refractivity contribution in [2.24, 2.45) is 0 Å². The predicted octanol–water partition coefficient (Wildman–Crippen LogP) is 2.12. The van der Waals surface area contributed by atoms with Crippen molar-refractivity contribution in [2.75, 3.05) is 27.3 Å². The number of rotatable bonds is 4. The van der Waals surface area contributed by atoms with Gasteiger partial charge < -0.3 is 14.4 Å². The second-order valence-corrected chi connectivity index (χ2v) is 4.68. The van der Waals surface area contributed by atoms with Crippen LogP contribution in [-0.4, -0.2) is 43.1 Å². The lowest BCUT2D eigenvalue weighted by atomic mass is 10.1. The largest absolute Gasteiger partial charge is 0.493 e. The van der Waals surface area contributed by atoms with Gasteiger partial charge in [-0.15, -0.1) is 0 Å². The third-order valence-electron chi connectivity index (χ3n) is 3.36. The number of carbonyl (C=O) groups is 1. The Hall–Kier alpha value is -2.04. The molecule has 1 aliphatic heterocycles. The van der Waals surface area contributed by atoms with E-state index in [-0.39, 0.29) is 5.91 Å². The van der Waals surface area contributed by atoms with Gasteiger partial charge in [-0.2, -0.15) is 0 Å². The number of ether oxygens (including phenoxy) is 2. The Bertz CT molecular complexity index is 494. The first kappa shape index (κ1) is 14.4. The van der Waals surface area contributed by atoms with E-state index in [9.17, 15) is 4.79 Å². The smallest absolute Gasteiger partial charge is 0.246 e. The van der Waals surface area contributed by atoms with Crippen LogP contribution in [0.5, 0.6) is 11.5 Å². The highest BCUT2D eigenvalue weighted by Gasteiger charge is 2.13. The van der Waals surface area contributed by atoms with Crippen LogP contribution in [0.3, 0.4) is 0 Å². The minimum absolute atomic E-state index is 0.0429. The van der Waals surface area contributed by atoms with Crippen LogP contribution in [0.25, 0.3) is 6.08 Å². The molecule has 5 heteroatoms. The molecule has 108 valence electrons. The first-order chi connectivity index (χ1) is 9.74. The summed E-state index contributed by atoms with van der Waals surface area (Å²) < 4.78 is 10.3. The molecule has 5 nitrogen and oxygen atoms in total. The van der Waals surface area contributed by atoms with E-state index in [0.717, 1.165) is 25.9 Å². The van der Waals surface area contributed by atoms with Gasteiger partial charge in [0.2, 0.25) is 5.91 Å². The molecule has 1 aromatic heterocycles. The topological polar surface area (TPSA) is 51.7 Å². The average Bonchev–Trinajstić information content (AvgIpc) is 2.53. The molecular weight excluding hydrogens is 256 g/mol. The van der Waals surface area contributed by atoms with E-state index >= 15 is 0 Å². The summed E-state index contributed by atoms with van der Waals surface area (Å²) in [7, 11) is 3.14. The van der Waals surface area contributed by atoms with Crippen molar-refractivity contribution in [1.82, 2.24) is 9.88 Å². The molecule has 0 aromatic carbocycles. The summed E-state index contributed by atoms with van der Waals surface area (Å²) in [5.41, 5.74) is 0.674. The Morgan fingerprint density at radius 1 is 1.20 bits per heavy atom. The maximum Gasteiger partial charge on any atom is 0.246 e. The number of nitrogens with zero attached hydrogens (tertiary/aromatic N) is 2. The van der Waals surface area contributed by atoms with Crippen LogP contribution >= 0.6 is 0 Å². The zero-order chi connectivity index (χ0) is 14.4. The number of amides is 1. The van der Waals surface area contributed by atoms with Crippen molar-refractivity contribution < 1.29 is 14.3 Å². The average molecular weight is 276 g/mol. The van der Waals surface area contributed by atoms with E-state index in [1.807, 2.05) is 4.90 Å². The van der Waals surface area contributed by atoms with E-state index in [0.29, 0.717) is 17.2 Å². The van der Waals surface area contributed by atoms with Crippen LogP contribution in [0.1, 0.15) is 25.0 Å². The molecule has 0 unspecified atom stereocenters. The molecule has 1 saturated heterocycles. The summed E-state index contributed by atoms with van der Waals surface area (Å²) >= 11 is 0. The van der Waals surface area contributed by atoms with Gasteiger partial charge in [0, 0.05) is 25.2 Å². The van der Waals surface area contributed by atoms with Gasteiger partial charge in [0.05, 0.1) is 26.1 Å². The Kier molecular flexibility index (Phi) is 4.98. The molecule has 20 heavy (non-hydrogen) atoms. The molecule has 0 atom stereocenters. The number of likely N-dealkylation sites (tertiary alicyclic amines) is 1. The van der Waals surface area contributed by atoms with Gasteiger partial charge in [-0.25, -0.2) is 0 Å². The number of piperidine rings is 1. The SMILES string of the molecule is COc1cnc(/C=C/C(=O)N2CCCCC2)cc1OC. The lowest BCUT2D eigenvalue weighted by Crippen LogP contribution is -2.34. The van der Waals surface area contributed by atoms with Crippen LogP contribution < -0.4 is 9.47 Å². The van der Waals surface area contributed by atoms with E-state index in [1.54, 1.807) is 38.6 Å².